The van der Waals surface area contributed by atoms with Gasteiger partial charge in [-0.3, -0.25) is 9.69 Å². The Morgan fingerprint density at radius 1 is 1.55 bits per heavy atom. The second-order valence-corrected chi connectivity index (χ2v) is 7.75. The van der Waals surface area contributed by atoms with Crippen molar-refractivity contribution < 1.29 is 9.90 Å². The van der Waals surface area contributed by atoms with Crippen molar-refractivity contribution >= 4 is 23.3 Å². The Balaban J connectivity index is 1.58. The number of rotatable bonds is 4. The Hall–Kier alpha value is -1.17. The summed E-state index contributed by atoms with van der Waals surface area (Å²) in [6.07, 6.45) is 2.54. The molecule has 2 heterocycles. The molecule has 1 aliphatic heterocycles. The average Bonchev–Trinajstić information content (AvgIpc) is 2.76. The van der Waals surface area contributed by atoms with Crippen LogP contribution >= 0.6 is 11.6 Å². The molecule has 2 atom stereocenters. The van der Waals surface area contributed by atoms with Crippen molar-refractivity contribution in [1.82, 2.24) is 9.88 Å². The number of aromatic nitrogens is 1. The molecule has 5 nitrogen and oxygen atoms in total. The number of anilines is 1. The summed E-state index contributed by atoms with van der Waals surface area (Å²) in [5.41, 5.74) is 0.244. The summed E-state index contributed by atoms with van der Waals surface area (Å²) >= 11 is 5.78. The highest BCUT2D eigenvalue weighted by Gasteiger charge is 2.62. The molecule has 2 fully saturated rings. The first kappa shape index (κ1) is 15.7. The van der Waals surface area contributed by atoms with Crippen LogP contribution in [0, 0.1) is 16.7 Å². The fourth-order valence-corrected chi connectivity index (χ4v) is 4.51. The maximum absolute atomic E-state index is 12.2. The van der Waals surface area contributed by atoms with Gasteiger partial charge in [0.25, 0.3) is 0 Å². The van der Waals surface area contributed by atoms with Gasteiger partial charge in [0.05, 0.1) is 18.2 Å². The third kappa shape index (κ3) is 2.73. The van der Waals surface area contributed by atoms with Crippen molar-refractivity contribution in [2.45, 2.75) is 20.3 Å². The number of nitrogens with zero attached hydrogens (tertiary/aromatic N) is 2. The van der Waals surface area contributed by atoms with E-state index in [0.717, 1.165) is 19.5 Å². The second-order valence-electron chi connectivity index (χ2n) is 7.32. The molecule has 1 aliphatic carbocycles. The zero-order valence-electron chi connectivity index (χ0n) is 13.0. The number of carbonyl (C=O) groups excluding carboxylic acids is 1. The van der Waals surface area contributed by atoms with E-state index in [1.165, 1.54) is 6.20 Å². The van der Waals surface area contributed by atoms with Crippen molar-refractivity contribution in [1.29, 1.82) is 0 Å². The SMILES string of the molecule is CC1(C)C[C@]2(CO)CN(CC(=O)Nc3ccc(Cl)cn3)C[C@H]12. The standard InChI is InChI=1S/C16H22ClN3O2/c1-15(2)8-16(10-21)9-20(6-12(15)16)7-14(22)19-13-4-3-11(17)5-18-13/h3-5,12,21H,6-10H2,1-2H3,(H,18,19,22)/t12-,16-/m1/s1. The minimum atomic E-state index is -0.0815. The Labute approximate surface area is 135 Å². The van der Waals surface area contributed by atoms with Crippen LogP contribution in [0.4, 0.5) is 5.82 Å². The lowest BCUT2D eigenvalue weighted by Crippen LogP contribution is -2.54. The van der Waals surface area contributed by atoms with E-state index in [9.17, 15) is 9.90 Å². The fraction of sp³-hybridized carbons (Fsp3) is 0.625. The fourth-order valence-electron chi connectivity index (χ4n) is 4.40. The number of halogens is 1. The molecule has 1 saturated heterocycles. The monoisotopic (exact) mass is 323 g/mol. The van der Waals surface area contributed by atoms with Gasteiger partial charge >= 0.3 is 0 Å². The molecule has 1 aromatic rings. The predicted molar refractivity (Wildman–Crippen MR) is 85.7 cm³/mol. The molecule has 1 amide bonds. The van der Waals surface area contributed by atoms with Gasteiger partial charge < -0.3 is 10.4 Å². The number of aliphatic hydroxyl groups excluding tert-OH is 1. The molecular formula is C16H22ClN3O2. The van der Waals surface area contributed by atoms with Gasteiger partial charge in [0.1, 0.15) is 5.82 Å². The first-order valence-corrected chi connectivity index (χ1v) is 7.97. The Morgan fingerprint density at radius 3 is 2.86 bits per heavy atom. The van der Waals surface area contributed by atoms with E-state index in [4.69, 9.17) is 11.6 Å². The molecule has 2 aliphatic rings. The topological polar surface area (TPSA) is 65.5 Å². The second kappa shape index (κ2) is 5.48. The molecular weight excluding hydrogens is 302 g/mol. The van der Waals surface area contributed by atoms with Crippen LogP contribution < -0.4 is 5.32 Å². The van der Waals surface area contributed by atoms with Crippen LogP contribution in [0.2, 0.25) is 5.02 Å². The third-order valence-corrected chi connectivity index (χ3v) is 5.37. The van der Waals surface area contributed by atoms with E-state index in [1.54, 1.807) is 12.1 Å². The lowest BCUT2D eigenvalue weighted by molar-refractivity contribution is -0.117. The van der Waals surface area contributed by atoms with Gasteiger partial charge in [-0.15, -0.1) is 0 Å². The first-order chi connectivity index (χ1) is 10.3. The van der Waals surface area contributed by atoms with Crippen LogP contribution in [0.3, 0.4) is 0 Å². The van der Waals surface area contributed by atoms with Gasteiger partial charge in [-0.2, -0.15) is 0 Å². The molecule has 2 N–H and O–H groups in total. The Morgan fingerprint density at radius 2 is 2.32 bits per heavy atom. The van der Waals surface area contributed by atoms with E-state index in [1.807, 2.05) is 0 Å². The summed E-state index contributed by atoms with van der Waals surface area (Å²) in [7, 11) is 0. The lowest BCUT2D eigenvalue weighted by atomic mass is 9.48. The van der Waals surface area contributed by atoms with E-state index >= 15 is 0 Å². The molecule has 1 aromatic heterocycles. The first-order valence-electron chi connectivity index (χ1n) is 7.59. The molecule has 0 bridgehead atoms. The quantitative estimate of drug-likeness (QED) is 0.889. The van der Waals surface area contributed by atoms with E-state index in [0.29, 0.717) is 23.3 Å². The zero-order valence-corrected chi connectivity index (χ0v) is 13.7. The van der Waals surface area contributed by atoms with Crippen molar-refractivity contribution in [3.8, 4) is 0 Å². The smallest absolute Gasteiger partial charge is 0.239 e. The largest absolute Gasteiger partial charge is 0.396 e. The molecule has 0 aromatic carbocycles. The highest BCUT2D eigenvalue weighted by Crippen LogP contribution is 2.62. The molecule has 0 spiro atoms. The van der Waals surface area contributed by atoms with Gasteiger partial charge in [0.15, 0.2) is 0 Å². The van der Waals surface area contributed by atoms with Gasteiger partial charge in [0.2, 0.25) is 5.91 Å². The lowest BCUT2D eigenvalue weighted by Gasteiger charge is -2.56. The minimum absolute atomic E-state index is 0.0116. The number of carbonyl (C=O) groups is 1. The third-order valence-electron chi connectivity index (χ3n) is 5.15. The summed E-state index contributed by atoms with van der Waals surface area (Å²) in [6, 6.07) is 3.38. The number of amides is 1. The summed E-state index contributed by atoms with van der Waals surface area (Å²) < 4.78 is 0. The van der Waals surface area contributed by atoms with Crippen LogP contribution in [0.1, 0.15) is 20.3 Å². The van der Waals surface area contributed by atoms with Gasteiger partial charge in [0, 0.05) is 24.7 Å². The van der Waals surface area contributed by atoms with Gasteiger partial charge in [-0.25, -0.2) is 4.98 Å². The summed E-state index contributed by atoms with van der Waals surface area (Å²) in [6.45, 7) is 6.68. The molecule has 1 saturated carbocycles. The normalized spacial score (nSPS) is 29.7. The highest BCUT2D eigenvalue weighted by molar-refractivity contribution is 6.30. The predicted octanol–water partition coefficient (Wildman–Crippen LogP) is 2.01. The highest BCUT2D eigenvalue weighted by atomic mass is 35.5. The van der Waals surface area contributed by atoms with Crippen molar-refractivity contribution in [3.63, 3.8) is 0 Å². The van der Waals surface area contributed by atoms with Crippen LogP contribution in [0.25, 0.3) is 0 Å². The number of aliphatic hydroxyl groups is 1. The van der Waals surface area contributed by atoms with Crippen LogP contribution in [0.5, 0.6) is 0 Å². The van der Waals surface area contributed by atoms with Crippen molar-refractivity contribution in [3.05, 3.63) is 23.4 Å². The molecule has 6 heteroatoms. The number of fused-ring (bicyclic) bond motifs is 1. The van der Waals surface area contributed by atoms with E-state index < -0.39 is 0 Å². The van der Waals surface area contributed by atoms with Crippen molar-refractivity contribution in [2.24, 2.45) is 16.7 Å². The number of hydrogen-bond acceptors (Lipinski definition) is 4. The molecule has 0 radical (unpaired) electrons. The maximum Gasteiger partial charge on any atom is 0.239 e. The Kier molecular flexibility index (Phi) is 3.91. The molecule has 120 valence electrons. The molecule has 3 rings (SSSR count). The van der Waals surface area contributed by atoms with E-state index in [-0.39, 0.29) is 23.3 Å². The molecule has 22 heavy (non-hydrogen) atoms. The number of nitrogens with one attached hydrogen (secondary N) is 1. The van der Waals surface area contributed by atoms with Crippen LogP contribution in [-0.4, -0.2) is 47.1 Å². The summed E-state index contributed by atoms with van der Waals surface area (Å²) in [4.78, 5) is 18.4. The number of hydrogen-bond donors (Lipinski definition) is 2. The van der Waals surface area contributed by atoms with E-state index in [2.05, 4.69) is 29.0 Å². The average molecular weight is 324 g/mol. The number of pyridine rings is 1. The minimum Gasteiger partial charge on any atom is -0.396 e. The van der Waals surface area contributed by atoms with Crippen LogP contribution in [0.15, 0.2) is 18.3 Å². The van der Waals surface area contributed by atoms with Gasteiger partial charge in [-0.05, 0) is 29.9 Å². The van der Waals surface area contributed by atoms with Crippen LogP contribution in [-0.2, 0) is 4.79 Å². The van der Waals surface area contributed by atoms with Crippen molar-refractivity contribution in [2.75, 3.05) is 31.6 Å². The Bertz CT molecular complexity index is 575. The summed E-state index contributed by atoms with van der Waals surface area (Å²) in [5.74, 6) is 0.891. The maximum atomic E-state index is 12.2. The number of likely N-dealkylation sites (tertiary alicyclic amines) is 1. The van der Waals surface area contributed by atoms with Gasteiger partial charge in [-0.1, -0.05) is 25.4 Å². The zero-order chi connectivity index (χ0) is 16.0. The molecule has 0 unspecified atom stereocenters. The summed E-state index contributed by atoms with van der Waals surface area (Å²) in [5, 5.41) is 13.1.